The van der Waals surface area contributed by atoms with Crippen LogP contribution in [0.3, 0.4) is 0 Å². The Kier molecular flexibility index (Phi) is 5.45. The molecular formula is C6H15NO3S. The molecule has 0 spiro atoms. The zero-order valence-electron chi connectivity index (χ0n) is 6.75. The summed E-state index contributed by atoms with van der Waals surface area (Å²) in [6.07, 6.45) is 4.96. The van der Waals surface area contributed by atoms with Gasteiger partial charge in [-0.05, 0) is 19.3 Å². The number of rotatable bonds is 0. The molecule has 0 atom stereocenters. The van der Waals surface area contributed by atoms with Gasteiger partial charge in [0.25, 0.3) is 0 Å². The second-order valence-electron chi connectivity index (χ2n) is 2.63. The summed E-state index contributed by atoms with van der Waals surface area (Å²) in [5, 5.41) is 2.39. The van der Waals surface area contributed by atoms with Crippen LogP contribution in [0.1, 0.15) is 19.3 Å². The SMILES string of the molecule is C1CC[NH2+]CC1.CS(=O)(=O)[O-]. The van der Waals surface area contributed by atoms with E-state index >= 15 is 0 Å². The monoisotopic (exact) mass is 181 g/mol. The van der Waals surface area contributed by atoms with E-state index in [0.29, 0.717) is 6.26 Å². The van der Waals surface area contributed by atoms with E-state index in [2.05, 4.69) is 5.32 Å². The van der Waals surface area contributed by atoms with Gasteiger partial charge in [-0.1, -0.05) is 0 Å². The maximum absolute atomic E-state index is 9.08. The third-order valence-electron chi connectivity index (χ3n) is 1.32. The van der Waals surface area contributed by atoms with Crippen molar-refractivity contribution < 1.29 is 18.3 Å². The lowest BCUT2D eigenvalue weighted by Crippen LogP contribution is -2.85. The van der Waals surface area contributed by atoms with Crippen LogP contribution in [0, 0.1) is 0 Å². The molecule has 1 aliphatic rings. The van der Waals surface area contributed by atoms with Crippen LogP contribution in [0.25, 0.3) is 0 Å². The predicted octanol–water partition coefficient (Wildman–Crippen LogP) is -1.10. The highest BCUT2D eigenvalue weighted by Gasteiger charge is 1.97. The summed E-state index contributed by atoms with van der Waals surface area (Å²) in [5.41, 5.74) is 0. The lowest BCUT2D eigenvalue weighted by molar-refractivity contribution is -0.662. The zero-order valence-corrected chi connectivity index (χ0v) is 7.56. The van der Waals surface area contributed by atoms with Crippen LogP contribution >= 0.6 is 0 Å². The minimum atomic E-state index is -3.92. The minimum Gasteiger partial charge on any atom is -0.748 e. The molecule has 0 aromatic carbocycles. The second kappa shape index (κ2) is 5.51. The topological polar surface area (TPSA) is 73.8 Å². The van der Waals surface area contributed by atoms with Gasteiger partial charge in [-0.15, -0.1) is 0 Å². The van der Waals surface area contributed by atoms with Gasteiger partial charge >= 0.3 is 0 Å². The first kappa shape index (κ1) is 10.9. The fourth-order valence-electron chi connectivity index (χ4n) is 0.898. The summed E-state index contributed by atoms with van der Waals surface area (Å²) < 4.78 is 27.2. The van der Waals surface area contributed by atoms with Crippen molar-refractivity contribution in [2.45, 2.75) is 19.3 Å². The number of piperidine rings is 1. The van der Waals surface area contributed by atoms with Crippen molar-refractivity contribution in [2.75, 3.05) is 19.3 Å². The normalized spacial score (nSPS) is 18.4. The van der Waals surface area contributed by atoms with Crippen LogP contribution in [0.4, 0.5) is 0 Å². The predicted molar refractivity (Wildman–Crippen MR) is 41.1 cm³/mol. The van der Waals surface area contributed by atoms with Gasteiger partial charge in [0, 0.05) is 6.26 Å². The number of hydrogen-bond donors (Lipinski definition) is 1. The van der Waals surface area contributed by atoms with E-state index < -0.39 is 10.1 Å². The third-order valence-corrected chi connectivity index (χ3v) is 1.32. The molecule has 0 saturated carbocycles. The zero-order chi connectivity index (χ0) is 8.74. The van der Waals surface area contributed by atoms with Gasteiger partial charge < -0.3 is 9.87 Å². The van der Waals surface area contributed by atoms with Crippen molar-refractivity contribution in [1.29, 1.82) is 0 Å². The third kappa shape index (κ3) is 17.7. The summed E-state index contributed by atoms with van der Waals surface area (Å²) in [7, 11) is -3.92. The number of nitrogens with two attached hydrogens (primary N) is 1. The smallest absolute Gasteiger partial charge is 0.0916 e. The van der Waals surface area contributed by atoms with Crippen molar-refractivity contribution in [3.05, 3.63) is 0 Å². The summed E-state index contributed by atoms with van der Waals surface area (Å²) in [5.74, 6) is 0. The van der Waals surface area contributed by atoms with Gasteiger partial charge in [0.05, 0.1) is 23.2 Å². The van der Waals surface area contributed by atoms with Gasteiger partial charge in [-0.3, -0.25) is 0 Å². The highest BCUT2D eigenvalue weighted by molar-refractivity contribution is 7.84. The van der Waals surface area contributed by atoms with E-state index in [1.54, 1.807) is 0 Å². The minimum absolute atomic E-state index is 0.604. The molecular weight excluding hydrogens is 166 g/mol. The van der Waals surface area contributed by atoms with Crippen molar-refractivity contribution in [3.8, 4) is 0 Å². The van der Waals surface area contributed by atoms with Gasteiger partial charge in [0.15, 0.2) is 0 Å². The van der Waals surface area contributed by atoms with E-state index in [1.807, 2.05) is 0 Å². The second-order valence-corrected chi connectivity index (χ2v) is 4.04. The molecule has 11 heavy (non-hydrogen) atoms. The Morgan fingerprint density at radius 2 is 1.55 bits per heavy atom. The van der Waals surface area contributed by atoms with Gasteiger partial charge in [0.2, 0.25) is 0 Å². The Morgan fingerprint density at radius 1 is 1.18 bits per heavy atom. The fraction of sp³-hybridized carbons (Fsp3) is 1.00. The molecule has 0 radical (unpaired) electrons. The van der Waals surface area contributed by atoms with E-state index in [-0.39, 0.29) is 0 Å². The quantitative estimate of drug-likeness (QED) is 0.482. The number of hydrogen-bond acceptors (Lipinski definition) is 3. The molecule has 1 rings (SSSR count). The van der Waals surface area contributed by atoms with Crippen LogP contribution in [0.5, 0.6) is 0 Å². The fourth-order valence-corrected chi connectivity index (χ4v) is 0.898. The highest BCUT2D eigenvalue weighted by Crippen LogP contribution is 1.91. The van der Waals surface area contributed by atoms with Crippen LogP contribution in [0.15, 0.2) is 0 Å². The maximum Gasteiger partial charge on any atom is 0.0916 e. The van der Waals surface area contributed by atoms with Gasteiger partial charge in [-0.2, -0.15) is 0 Å². The molecule has 68 valence electrons. The molecule has 2 N–H and O–H groups in total. The Hall–Kier alpha value is -0.130. The molecule has 0 amide bonds. The maximum atomic E-state index is 9.08. The number of quaternary nitrogens is 1. The molecule has 0 bridgehead atoms. The first-order chi connectivity index (χ1) is 5.00. The summed E-state index contributed by atoms with van der Waals surface area (Å²) in [4.78, 5) is 0. The Balaban J connectivity index is 0.000000187. The molecule has 1 saturated heterocycles. The molecule has 1 fully saturated rings. The summed E-state index contributed by atoms with van der Waals surface area (Å²) in [6, 6.07) is 0. The largest absolute Gasteiger partial charge is 0.748 e. The lowest BCUT2D eigenvalue weighted by Gasteiger charge is -2.05. The molecule has 0 aromatic rings. The van der Waals surface area contributed by atoms with Crippen LogP contribution < -0.4 is 5.32 Å². The van der Waals surface area contributed by atoms with Crippen LogP contribution in [-0.4, -0.2) is 32.3 Å². The Bertz CT molecular complexity index is 153. The summed E-state index contributed by atoms with van der Waals surface area (Å²) in [6.45, 7) is 2.75. The van der Waals surface area contributed by atoms with Crippen molar-refractivity contribution in [3.63, 3.8) is 0 Å². The van der Waals surface area contributed by atoms with Gasteiger partial charge in [0.1, 0.15) is 0 Å². The average molecular weight is 181 g/mol. The molecule has 4 nitrogen and oxygen atoms in total. The van der Waals surface area contributed by atoms with Crippen molar-refractivity contribution in [2.24, 2.45) is 0 Å². The van der Waals surface area contributed by atoms with Crippen molar-refractivity contribution in [1.82, 2.24) is 0 Å². The van der Waals surface area contributed by atoms with E-state index in [0.717, 1.165) is 0 Å². The Labute approximate surface area is 67.7 Å². The first-order valence-electron chi connectivity index (χ1n) is 3.72. The molecule has 0 aromatic heterocycles. The lowest BCUT2D eigenvalue weighted by atomic mass is 10.2. The van der Waals surface area contributed by atoms with E-state index in [9.17, 15) is 0 Å². The van der Waals surface area contributed by atoms with Crippen molar-refractivity contribution >= 4 is 10.1 Å². The summed E-state index contributed by atoms with van der Waals surface area (Å²) >= 11 is 0. The molecule has 5 heteroatoms. The molecule has 0 aliphatic carbocycles. The van der Waals surface area contributed by atoms with Crippen LogP contribution in [-0.2, 0) is 10.1 Å². The average Bonchev–Trinajstić information content (AvgIpc) is 1.88. The standard InChI is InChI=1S/C5H11N.CH4O3S/c1-2-4-6-5-3-1;1-5(2,3)4/h6H,1-5H2;1H3,(H,2,3,4). The van der Waals surface area contributed by atoms with E-state index in [4.69, 9.17) is 13.0 Å². The Morgan fingerprint density at radius 3 is 1.64 bits per heavy atom. The molecule has 0 unspecified atom stereocenters. The highest BCUT2D eigenvalue weighted by atomic mass is 32.2. The van der Waals surface area contributed by atoms with Crippen LogP contribution in [0.2, 0.25) is 0 Å². The molecule has 1 aliphatic heterocycles. The van der Waals surface area contributed by atoms with Gasteiger partial charge in [-0.25, -0.2) is 8.42 Å². The molecule has 1 heterocycles. The first-order valence-corrected chi connectivity index (χ1v) is 5.54. The van der Waals surface area contributed by atoms with E-state index in [1.165, 1.54) is 32.4 Å².